The van der Waals surface area contributed by atoms with Crippen molar-refractivity contribution in [2.45, 2.75) is 38.7 Å². The third-order valence-electron chi connectivity index (χ3n) is 5.48. The van der Waals surface area contributed by atoms with E-state index in [-0.39, 0.29) is 17.7 Å². The molecule has 0 saturated carbocycles. The van der Waals surface area contributed by atoms with Crippen LogP contribution >= 0.6 is 0 Å². The minimum absolute atomic E-state index is 0.0707. The Bertz CT molecular complexity index is 1380. The summed E-state index contributed by atoms with van der Waals surface area (Å²) in [5.41, 5.74) is 4.42. The molecule has 4 aromatic rings. The Labute approximate surface area is 200 Å². The van der Waals surface area contributed by atoms with Crippen LogP contribution in [0.5, 0.6) is 0 Å². The van der Waals surface area contributed by atoms with Crippen LogP contribution in [0, 0.1) is 0 Å². The topological polar surface area (TPSA) is 80.2 Å². The predicted molar refractivity (Wildman–Crippen MR) is 136 cm³/mol. The third-order valence-corrected chi connectivity index (χ3v) is 7.02. The maximum atomic E-state index is 13.0. The normalized spacial score (nSPS) is 11.7. The average Bonchev–Trinajstić information content (AvgIpc) is 3.16. The number of fused-ring (bicyclic) bond motifs is 1. The van der Waals surface area contributed by atoms with Gasteiger partial charge in [0, 0.05) is 36.2 Å². The van der Waals surface area contributed by atoms with Crippen LogP contribution in [0.25, 0.3) is 10.9 Å². The molecule has 0 unspecified atom stereocenters. The van der Waals surface area contributed by atoms with Gasteiger partial charge in [-0.3, -0.25) is 4.79 Å². The Morgan fingerprint density at radius 2 is 1.50 bits per heavy atom. The maximum absolute atomic E-state index is 13.0. The quantitative estimate of drug-likeness (QED) is 0.375. The van der Waals surface area contributed by atoms with Gasteiger partial charge < -0.3 is 9.88 Å². The third kappa shape index (κ3) is 5.92. The molecule has 0 spiro atoms. The van der Waals surface area contributed by atoms with Crippen LogP contribution in [0.2, 0.25) is 0 Å². The van der Waals surface area contributed by atoms with E-state index >= 15 is 0 Å². The largest absolute Gasteiger partial charge is 0.348 e. The zero-order chi connectivity index (χ0) is 24.1. The Kier molecular flexibility index (Phi) is 7.14. The number of benzene rings is 3. The van der Waals surface area contributed by atoms with E-state index in [1.54, 1.807) is 26.0 Å². The number of nitrogens with one attached hydrogen (secondary N) is 2. The number of carbonyl (C=O) groups is 1. The summed E-state index contributed by atoms with van der Waals surface area (Å²) in [6, 6.07) is 25.2. The molecule has 3 aromatic carbocycles. The van der Waals surface area contributed by atoms with Gasteiger partial charge in [-0.2, -0.15) is 0 Å². The molecule has 2 N–H and O–H groups in total. The molecule has 0 bridgehead atoms. The van der Waals surface area contributed by atoms with Crippen molar-refractivity contribution < 1.29 is 13.2 Å². The predicted octanol–water partition coefficient (Wildman–Crippen LogP) is 4.45. The van der Waals surface area contributed by atoms with E-state index in [2.05, 4.69) is 26.7 Å². The first kappa shape index (κ1) is 23.7. The monoisotopic (exact) mass is 475 g/mol. The van der Waals surface area contributed by atoms with Crippen LogP contribution in [0.4, 0.5) is 0 Å². The second-order valence-corrected chi connectivity index (χ2v) is 10.5. The fraction of sp³-hybridized carbons (Fsp3) is 0.222. The lowest BCUT2D eigenvalue weighted by Crippen LogP contribution is -2.31. The Morgan fingerprint density at radius 3 is 2.21 bits per heavy atom. The van der Waals surface area contributed by atoms with E-state index in [1.165, 1.54) is 5.56 Å². The standard InChI is InChI=1S/C27H29N3O3S/c1-20(2)29-34(32,33)19-23-14-12-21(13-15-23)16-28-27(31)25-18-30(17-22-8-4-3-5-9-22)26-11-7-6-10-24(25)26/h3-15,18,20,29H,16-17,19H2,1-2H3,(H,28,31). The van der Waals surface area contributed by atoms with Gasteiger partial charge in [-0.25, -0.2) is 13.1 Å². The number of hydrogen-bond donors (Lipinski definition) is 2. The Balaban J connectivity index is 1.45. The molecule has 176 valence electrons. The maximum Gasteiger partial charge on any atom is 0.253 e. The van der Waals surface area contributed by atoms with Crippen LogP contribution in [0.15, 0.2) is 85.1 Å². The molecule has 0 aliphatic rings. The van der Waals surface area contributed by atoms with Gasteiger partial charge in [0.15, 0.2) is 0 Å². The molecule has 6 nitrogen and oxygen atoms in total. The van der Waals surface area contributed by atoms with Crippen molar-refractivity contribution >= 4 is 26.8 Å². The van der Waals surface area contributed by atoms with E-state index in [0.717, 1.165) is 16.5 Å². The first-order valence-corrected chi connectivity index (χ1v) is 12.9. The van der Waals surface area contributed by atoms with Gasteiger partial charge in [0.2, 0.25) is 10.0 Å². The van der Waals surface area contributed by atoms with Crippen LogP contribution in [-0.4, -0.2) is 24.9 Å². The summed E-state index contributed by atoms with van der Waals surface area (Å²) >= 11 is 0. The number of aromatic nitrogens is 1. The van der Waals surface area contributed by atoms with E-state index in [4.69, 9.17) is 0 Å². The number of para-hydroxylation sites is 1. The van der Waals surface area contributed by atoms with E-state index in [9.17, 15) is 13.2 Å². The molecule has 1 amide bonds. The number of nitrogens with zero attached hydrogens (tertiary/aromatic N) is 1. The van der Waals surface area contributed by atoms with Gasteiger partial charge in [-0.05, 0) is 36.6 Å². The summed E-state index contributed by atoms with van der Waals surface area (Å²) < 4.78 is 28.9. The first-order valence-electron chi connectivity index (χ1n) is 11.3. The van der Waals surface area contributed by atoms with Crippen molar-refractivity contribution in [3.05, 3.63) is 107 Å². The van der Waals surface area contributed by atoms with E-state index in [1.807, 2.05) is 60.8 Å². The molecule has 34 heavy (non-hydrogen) atoms. The van der Waals surface area contributed by atoms with E-state index in [0.29, 0.717) is 24.2 Å². The summed E-state index contributed by atoms with van der Waals surface area (Å²) in [6.07, 6.45) is 1.91. The van der Waals surface area contributed by atoms with Crippen LogP contribution in [0.3, 0.4) is 0 Å². The fourth-order valence-corrected chi connectivity index (χ4v) is 5.42. The molecule has 0 saturated heterocycles. The Hall–Kier alpha value is -3.42. The summed E-state index contributed by atoms with van der Waals surface area (Å²) in [4.78, 5) is 13.0. The highest BCUT2D eigenvalue weighted by Crippen LogP contribution is 2.22. The molecular weight excluding hydrogens is 446 g/mol. The number of rotatable bonds is 9. The second-order valence-electron chi connectivity index (χ2n) is 8.70. The van der Waals surface area contributed by atoms with Gasteiger partial charge in [0.05, 0.1) is 11.3 Å². The Morgan fingerprint density at radius 1 is 0.853 bits per heavy atom. The highest BCUT2D eigenvalue weighted by molar-refractivity contribution is 7.88. The number of sulfonamides is 1. The molecule has 4 rings (SSSR count). The molecule has 7 heteroatoms. The average molecular weight is 476 g/mol. The van der Waals surface area contributed by atoms with Gasteiger partial charge in [-0.15, -0.1) is 0 Å². The van der Waals surface area contributed by atoms with Gasteiger partial charge in [-0.1, -0.05) is 72.8 Å². The minimum Gasteiger partial charge on any atom is -0.348 e. The molecule has 0 radical (unpaired) electrons. The van der Waals surface area contributed by atoms with Crippen molar-refractivity contribution in [3.8, 4) is 0 Å². The number of carbonyl (C=O) groups excluding carboxylic acids is 1. The van der Waals surface area contributed by atoms with Gasteiger partial charge >= 0.3 is 0 Å². The molecular formula is C27H29N3O3S. The number of amides is 1. The van der Waals surface area contributed by atoms with Gasteiger partial charge in [0.1, 0.15) is 0 Å². The molecule has 0 aliphatic heterocycles. The van der Waals surface area contributed by atoms with Crippen LogP contribution in [0.1, 0.15) is 40.9 Å². The molecule has 0 atom stereocenters. The molecule has 1 aromatic heterocycles. The van der Waals surface area contributed by atoms with Crippen molar-refractivity contribution in [2.24, 2.45) is 0 Å². The smallest absolute Gasteiger partial charge is 0.253 e. The SMILES string of the molecule is CC(C)NS(=O)(=O)Cc1ccc(CNC(=O)c2cn(Cc3ccccc3)c3ccccc23)cc1. The highest BCUT2D eigenvalue weighted by atomic mass is 32.2. The lowest BCUT2D eigenvalue weighted by atomic mass is 10.1. The molecule has 1 heterocycles. The van der Waals surface area contributed by atoms with Gasteiger partial charge in [0.25, 0.3) is 5.91 Å². The zero-order valence-electron chi connectivity index (χ0n) is 19.4. The first-order chi connectivity index (χ1) is 16.3. The summed E-state index contributed by atoms with van der Waals surface area (Å²) in [5.74, 6) is -0.213. The second kappa shape index (κ2) is 10.2. The summed E-state index contributed by atoms with van der Waals surface area (Å²) in [7, 11) is -3.37. The lowest BCUT2D eigenvalue weighted by molar-refractivity contribution is 0.0952. The van der Waals surface area contributed by atoms with Crippen molar-refractivity contribution in [2.75, 3.05) is 0 Å². The fourth-order valence-electron chi connectivity index (χ4n) is 3.99. The van der Waals surface area contributed by atoms with Crippen LogP contribution < -0.4 is 10.0 Å². The highest BCUT2D eigenvalue weighted by Gasteiger charge is 2.16. The minimum atomic E-state index is -3.37. The lowest BCUT2D eigenvalue weighted by Gasteiger charge is -2.10. The number of hydrogen-bond acceptors (Lipinski definition) is 3. The summed E-state index contributed by atoms with van der Waals surface area (Å²) in [5, 5.41) is 3.91. The van der Waals surface area contributed by atoms with Crippen LogP contribution in [-0.2, 0) is 28.9 Å². The van der Waals surface area contributed by atoms with Crippen molar-refractivity contribution in [1.82, 2.24) is 14.6 Å². The zero-order valence-corrected chi connectivity index (χ0v) is 20.2. The summed E-state index contributed by atoms with van der Waals surface area (Å²) in [6.45, 7) is 4.63. The van der Waals surface area contributed by atoms with Crippen molar-refractivity contribution in [1.29, 1.82) is 0 Å². The van der Waals surface area contributed by atoms with E-state index < -0.39 is 10.0 Å². The van der Waals surface area contributed by atoms with Crippen molar-refractivity contribution in [3.63, 3.8) is 0 Å². The molecule has 0 aliphatic carbocycles. The molecule has 0 fully saturated rings.